The van der Waals surface area contributed by atoms with Crippen LogP contribution in [0.15, 0.2) is 54.3 Å². The Balaban J connectivity index is 0.697. The highest BCUT2D eigenvalue weighted by molar-refractivity contribution is 7.99. The number of halogens is 1. The van der Waals surface area contributed by atoms with E-state index in [4.69, 9.17) is 11.5 Å². The van der Waals surface area contributed by atoms with Gasteiger partial charge in [-0.15, -0.1) is 0 Å². The lowest BCUT2D eigenvalue weighted by Crippen LogP contribution is -2.70. The minimum absolute atomic E-state index is 0.0247. The first-order valence-electron chi connectivity index (χ1n) is 25.1. The fraction of sp³-hybridized carbons (Fsp3) is 0.615. The Kier molecular flexibility index (Phi) is 17.3. The molecule has 1 aromatic carbocycles. The highest BCUT2D eigenvalue weighted by atomic mass is 32.2. The van der Waals surface area contributed by atoms with Crippen LogP contribution in [0.5, 0.6) is 0 Å². The molecule has 3 saturated carbocycles. The molecule has 2 amide bonds. The number of aliphatic hydroxyl groups excluding tert-OH is 1. The molecule has 3 fully saturated rings. The van der Waals surface area contributed by atoms with Crippen molar-refractivity contribution in [3.05, 3.63) is 65.5 Å². The van der Waals surface area contributed by atoms with E-state index in [9.17, 15) is 29.4 Å². The molecule has 8 N–H and O–H groups in total. The zero-order chi connectivity index (χ0) is 50.3. The summed E-state index contributed by atoms with van der Waals surface area (Å²) in [6.45, 7) is 6.39. The van der Waals surface area contributed by atoms with Gasteiger partial charge in [0.1, 0.15) is 6.29 Å². The van der Waals surface area contributed by atoms with Crippen molar-refractivity contribution in [1.82, 2.24) is 30.6 Å². The largest absolute Gasteiger partial charge is 0.390 e. The average molecular weight is 1000 g/mol. The number of fused-ring (bicyclic) bond motifs is 6. The molecule has 2 heterocycles. The molecule has 7 rings (SSSR count). The van der Waals surface area contributed by atoms with Gasteiger partial charge in [-0.1, -0.05) is 64.0 Å². The van der Waals surface area contributed by atoms with Crippen molar-refractivity contribution in [2.75, 3.05) is 53.0 Å². The fourth-order valence-electron chi connectivity index (χ4n) is 12.0. The summed E-state index contributed by atoms with van der Waals surface area (Å²) < 4.78 is 17.5. The van der Waals surface area contributed by atoms with Crippen molar-refractivity contribution < 1.29 is 33.8 Å². The second-order valence-corrected chi connectivity index (χ2v) is 22.8. The normalized spacial score (nSPS) is 28.3. The molecule has 0 bridgehead atoms. The van der Waals surface area contributed by atoms with E-state index in [1.807, 2.05) is 49.7 Å². The summed E-state index contributed by atoms with van der Waals surface area (Å²) in [4.78, 5) is 69.6. The number of thioether (sulfide) groups is 2. The third kappa shape index (κ3) is 10.9. The minimum Gasteiger partial charge on any atom is -0.390 e. The number of nitrogens with two attached hydrogens (primary N) is 2. The Morgan fingerprint density at radius 2 is 1.64 bits per heavy atom. The van der Waals surface area contributed by atoms with Crippen molar-refractivity contribution in [3.63, 3.8) is 0 Å². The quantitative estimate of drug-likeness (QED) is 0.0393. The molecule has 1 unspecified atom stereocenters. The van der Waals surface area contributed by atoms with Crippen LogP contribution < -0.4 is 27.0 Å². The van der Waals surface area contributed by atoms with Crippen molar-refractivity contribution in [1.29, 1.82) is 0 Å². The zero-order valence-corrected chi connectivity index (χ0v) is 42.8. The average Bonchev–Trinajstić information content (AvgIpc) is 3.53. The number of rotatable bonds is 24. The highest BCUT2D eigenvalue weighted by Crippen LogP contribution is 2.70. The van der Waals surface area contributed by atoms with Crippen LogP contribution in [0, 0.1) is 28.6 Å². The number of nitrogen functional groups attached to an aromatic ring is 2. The van der Waals surface area contributed by atoms with E-state index in [-0.39, 0.29) is 35.8 Å². The highest BCUT2D eigenvalue weighted by Gasteiger charge is 2.75. The zero-order valence-electron chi connectivity index (χ0n) is 41.1. The number of aromatic nitrogens is 4. The number of benzene rings is 1. The Bertz CT molecular complexity index is 2430. The maximum absolute atomic E-state index is 17.5. The van der Waals surface area contributed by atoms with Gasteiger partial charge in [-0.25, -0.2) is 14.4 Å². The number of aliphatic hydroxyl groups is 2. The Morgan fingerprint density at radius 1 is 0.971 bits per heavy atom. The SMILES string of the molecule is C[C@@H]1C[C@H]2C3CCC4=CC(=O)C=C[C@]4(C)[C@@]3(F)[C@@H](O)C[C@]2(C)[C@@]1(O)C(=O)NCCSCCCCCCCCCCSCC[C@@H](C=O)NC(=O)c1ccc(N(C)Cc2cnc3nc(N)nc(N)c3n2)cc1. The molecule has 4 aliphatic rings. The smallest absolute Gasteiger partial charge is 0.252 e. The minimum atomic E-state index is -1.99. The second kappa shape index (κ2) is 22.8. The van der Waals surface area contributed by atoms with E-state index in [0.717, 1.165) is 53.4 Å². The van der Waals surface area contributed by atoms with Gasteiger partial charge in [0.2, 0.25) is 5.95 Å². The van der Waals surface area contributed by atoms with Gasteiger partial charge in [-0.05, 0) is 117 Å². The number of hydrogen-bond donors (Lipinski definition) is 6. The van der Waals surface area contributed by atoms with Gasteiger partial charge in [0, 0.05) is 47.3 Å². The topological polar surface area (TPSA) is 240 Å². The van der Waals surface area contributed by atoms with Crippen molar-refractivity contribution in [2.45, 2.75) is 134 Å². The number of alkyl halides is 1. The molecule has 9 atom stereocenters. The number of amides is 2. The fourth-order valence-corrected chi connectivity index (χ4v) is 13.9. The first kappa shape index (κ1) is 53.2. The van der Waals surface area contributed by atoms with Crippen LogP contribution in [-0.4, -0.2) is 114 Å². The number of nitrogens with one attached hydrogen (secondary N) is 2. The summed E-state index contributed by atoms with van der Waals surface area (Å²) in [5, 5.41) is 29.7. The molecule has 380 valence electrons. The van der Waals surface area contributed by atoms with Gasteiger partial charge in [-0.2, -0.15) is 33.5 Å². The second-order valence-electron chi connectivity index (χ2n) is 20.4. The van der Waals surface area contributed by atoms with E-state index < -0.39 is 52.0 Å². The van der Waals surface area contributed by atoms with Gasteiger partial charge < -0.3 is 42.0 Å². The van der Waals surface area contributed by atoms with E-state index in [1.165, 1.54) is 50.7 Å². The molecule has 3 aromatic rings. The lowest BCUT2D eigenvalue weighted by molar-refractivity contribution is -0.219. The van der Waals surface area contributed by atoms with Gasteiger partial charge in [-0.3, -0.25) is 14.4 Å². The van der Waals surface area contributed by atoms with Gasteiger partial charge in [0.15, 0.2) is 34.0 Å². The molecular formula is C52H72FN9O6S2. The summed E-state index contributed by atoms with van der Waals surface area (Å²) in [5.41, 5.74) is 9.25. The number of ketones is 1. The molecule has 0 radical (unpaired) electrons. The maximum Gasteiger partial charge on any atom is 0.252 e. The van der Waals surface area contributed by atoms with E-state index >= 15 is 4.39 Å². The summed E-state index contributed by atoms with van der Waals surface area (Å²) in [7, 11) is 1.90. The standard InChI is InChI=1S/C52H72FN9O6S2/c1-33-27-41-40-18-15-35-28-39(64)19-21-49(35,2)51(40,53)42(65)29-50(41,3)52(33,68)47(67)56-22-26-70-24-12-10-8-6-5-7-9-11-23-69-25-20-36(32-63)59-46(66)34-13-16-38(17-14-34)62(4)31-37-30-57-45-43(58-37)44(54)60-48(55)61-45/h13-14,16-17,19,21,28,30,32-33,36,40-42,65,68H,5-12,15,18,20,22-27,29,31H2,1-4H3,(H,56,67)(H,59,66)(H4,54,55,57,60,61)/t33-,36+,40?,41+,42+,49+,50+,51+,52+/m1/s1. The maximum atomic E-state index is 17.5. The van der Waals surface area contributed by atoms with E-state index in [2.05, 4.69) is 30.6 Å². The van der Waals surface area contributed by atoms with Crippen LogP contribution >= 0.6 is 23.5 Å². The molecule has 0 aliphatic heterocycles. The van der Waals surface area contributed by atoms with Crippen LogP contribution in [0.2, 0.25) is 0 Å². The summed E-state index contributed by atoms with van der Waals surface area (Å²) >= 11 is 3.61. The van der Waals surface area contributed by atoms with Gasteiger partial charge in [0.25, 0.3) is 11.8 Å². The van der Waals surface area contributed by atoms with Crippen molar-refractivity contribution in [3.8, 4) is 0 Å². The van der Waals surface area contributed by atoms with Crippen LogP contribution in [0.4, 0.5) is 21.8 Å². The van der Waals surface area contributed by atoms with Crippen molar-refractivity contribution in [2.24, 2.45) is 28.6 Å². The molecule has 18 heteroatoms. The summed E-state index contributed by atoms with van der Waals surface area (Å²) in [6.07, 6.45) is 17.0. The van der Waals surface area contributed by atoms with Crippen LogP contribution in [-0.2, 0) is 20.9 Å². The Labute approximate surface area is 419 Å². The predicted octanol–water partition coefficient (Wildman–Crippen LogP) is 6.96. The number of anilines is 3. The molecule has 0 saturated heterocycles. The van der Waals surface area contributed by atoms with Gasteiger partial charge in [0.05, 0.1) is 30.6 Å². The Morgan fingerprint density at radius 3 is 2.33 bits per heavy atom. The lowest BCUT2D eigenvalue weighted by Gasteiger charge is -2.62. The number of carbonyl (C=O) groups excluding carboxylic acids is 4. The molecule has 2 aromatic heterocycles. The van der Waals surface area contributed by atoms with Gasteiger partial charge >= 0.3 is 0 Å². The summed E-state index contributed by atoms with van der Waals surface area (Å²) in [5.74, 6) is 1.66. The number of allylic oxidation sites excluding steroid dienone is 4. The van der Waals surface area contributed by atoms with E-state index in [1.54, 1.807) is 43.1 Å². The lowest BCUT2D eigenvalue weighted by atomic mass is 9.44. The molecule has 0 spiro atoms. The first-order chi connectivity index (χ1) is 33.5. The third-order valence-corrected chi connectivity index (χ3v) is 18.1. The molecule has 4 aliphatic carbocycles. The third-order valence-electron chi connectivity index (χ3n) is 16.0. The monoisotopic (exact) mass is 1000 g/mol. The summed E-state index contributed by atoms with van der Waals surface area (Å²) in [6, 6.07) is 6.60. The number of carbonyl (C=O) groups is 4. The number of unbranched alkanes of at least 4 members (excludes halogenated alkanes) is 7. The number of nitrogens with zero attached hydrogens (tertiary/aromatic N) is 5. The Hall–Kier alpha value is -4.65. The van der Waals surface area contributed by atoms with Crippen molar-refractivity contribution >= 4 is 76.0 Å². The van der Waals surface area contributed by atoms with E-state index in [0.29, 0.717) is 61.2 Å². The first-order valence-corrected chi connectivity index (χ1v) is 27.4. The van der Waals surface area contributed by atoms with Crippen LogP contribution in [0.3, 0.4) is 0 Å². The van der Waals surface area contributed by atoms with Crippen LogP contribution in [0.1, 0.15) is 120 Å². The van der Waals surface area contributed by atoms with Crippen LogP contribution in [0.25, 0.3) is 11.2 Å². The number of hydrogen-bond acceptors (Lipinski definition) is 15. The molecular weight excluding hydrogens is 930 g/mol. The predicted molar refractivity (Wildman–Crippen MR) is 277 cm³/mol. The molecule has 15 nitrogen and oxygen atoms in total. The molecule has 70 heavy (non-hydrogen) atoms. The number of aldehydes is 1.